The normalized spacial score (nSPS) is 11.9. The minimum absolute atomic E-state index is 0.0346. The molecular formula is C19H11Cl2F3N4OS. The zero-order valence-corrected chi connectivity index (χ0v) is 17.2. The van der Waals surface area contributed by atoms with Crippen LogP contribution in [-0.2, 0) is 11.9 Å². The van der Waals surface area contributed by atoms with Gasteiger partial charge in [-0.25, -0.2) is 0 Å². The van der Waals surface area contributed by atoms with Gasteiger partial charge in [0.2, 0.25) is 5.65 Å². The molecule has 0 spiro atoms. The lowest BCUT2D eigenvalue weighted by Gasteiger charge is -2.13. The Labute approximate surface area is 182 Å². The summed E-state index contributed by atoms with van der Waals surface area (Å²) in [6.45, 7) is 0. The second-order valence-electron chi connectivity index (χ2n) is 6.17. The van der Waals surface area contributed by atoms with Crippen LogP contribution in [0.4, 0.5) is 13.2 Å². The van der Waals surface area contributed by atoms with E-state index in [4.69, 9.17) is 23.2 Å². The maximum Gasteiger partial charge on any atom is 0.417 e. The molecule has 154 valence electrons. The Hall–Kier alpha value is -2.49. The summed E-state index contributed by atoms with van der Waals surface area (Å²) in [5.41, 5.74) is -0.897. The molecule has 2 heterocycles. The topological polar surface area (TPSA) is 52.2 Å². The number of halogens is 5. The molecule has 0 atom stereocenters. The van der Waals surface area contributed by atoms with Gasteiger partial charge in [0, 0.05) is 23.2 Å². The number of hydrogen-bond acceptors (Lipinski definition) is 4. The van der Waals surface area contributed by atoms with Crippen molar-refractivity contribution in [1.82, 2.24) is 19.2 Å². The van der Waals surface area contributed by atoms with E-state index < -0.39 is 22.3 Å². The zero-order chi connectivity index (χ0) is 21.5. The molecular weight excluding hydrogens is 460 g/mol. The number of nitrogens with zero attached hydrogens (tertiary/aromatic N) is 4. The molecule has 0 amide bonds. The number of thioether (sulfide) groups is 1. The molecule has 0 aliphatic rings. The van der Waals surface area contributed by atoms with E-state index in [0.717, 1.165) is 16.2 Å². The van der Waals surface area contributed by atoms with Gasteiger partial charge in [-0.2, -0.15) is 13.2 Å². The Kier molecular flexibility index (Phi) is 5.52. The van der Waals surface area contributed by atoms with Crippen LogP contribution in [-0.4, -0.2) is 19.2 Å². The molecule has 2 aromatic carbocycles. The SMILES string of the molecule is O=c1c2nnc(SCc3ccccc3Cl)n2ccn1-c1cccc(C(F)(F)F)c1Cl. The second-order valence-corrected chi connectivity index (χ2v) is 7.89. The summed E-state index contributed by atoms with van der Waals surface area (Å²) >= 11 is 13.4. The van der Waals surface area contributed by atoms with Gasteiger partial charge in [-0.3, -0.25) is 13.8 Å². The Bertz CT molecular complexity index is 1300. The quantitative estimate of drug-likeness (QED) is 0.369. The summed E-state index contributed by atoms with van der Waals surface area (Å²) in [5, 5.41) is 8.42. The van der Waals surface area contributed by atoms with E-state index in [1.165, 1.54) is 40.7 Å². The second kappa shape index (κ2) is 7.98. The van der Waals surface area contributed by atoms with E-state index in [9.17, 15) is 18.0 Å². The molecule has 30 heavy (non-hydrogen) atoms. The Morgan fingerprint density at radius 3 is 2.50 bits per heavy atom. The fourth-order valence-corrected chi connectivity index (χ4v) is 4.36. The van der Waals surface area contributed by atoms with Gasteiger partial charge in [0.1, 0.15) is 0 Å². The van der Waals surface area contributed by atoms with E-state index in [1.54, 1.807) is 6.07 Å². The first-order valence-corrected chi connectivity index (χ1v) is 10.2. The number of alkyl halides is 3. The average molecular weight is 471 g/mol. The Balaban J connectivity index is 1.72. The molecule has 11 heteroatoms. The van der Waals surface area contributed by atoms with Gasteiger partial charge < -0.3 is 0 Å². The zero-order valence-electron chi connectivity index (χ0n) is 14.9. The molecule has 2 aromatic heterocycles. The van der Waals surface area contributed by atoms with Gasteiger partial charge in [-0.05, 0) is 23.8 Å². The van der Waals surface area contributed by atoms with Crippen LogP contribution in [0.3, 0.4) is 0 Å². The van der Waals surface area contributed by atoms with Crippen LogP contribution >= 0.6 is 35.0 Å². The van der Waals surface area contributed by atoms with Gasteiger partial charge in [-0.1, -0.05) is 59.2 Å². The van der Waals surface area contributed by atoms with E-state index in [2.05, 4.69) is 10.2 Å². The first-order chi connectivity index (χ1) is 14.3. The van der Waals surface area contributed by atoms with E-state index in [-0.39, 0.29) is 11.3 Å². The van der Waals surface area contributed by atoms with Crippen molar-refractivity contribution >= 4 is 40.6 Å². The summed E-state index contributed by atoms with van der Waals surface area (Å²) in [7, 11) is 0. The number of hydrogen-bond donors (Lipinski definition) is 0. The van der Waals surface area contributed by atoms with Crippen molar-refractivity contribution in [1.29, 1.82) is 0 Å². The van der Waals surface area contributed by atoms with Crippen molar-refractivity contribution in [2.24, 2.45) is 0 Å². The van der Waals surface area contributed by atoms with Gasteiger partial charge in [0.15, 0.2) is 5.16 Å². The highest BCUT2D eigenvalue weighted by Crippen LogP contribution is 2.37. The third kappa shape index (κ3) is 3.80. The van der Waals surface area contributed by atoms with Crippen LogP contribution in [0.2, 0.25) is 10.0 Å². The van der Waals surface area contributed by atoms with Crippen molar-refractivity contribution < 1.29 is 13.2 Å². The van der Waals surface area contributed by atoms with E-state index in [0.29, 0.717) is 15.9 Å². The van der Waals surface area contributed by atoms with Gasteiger partial charge in [-0.15, -0.1) is 10.2 Å². The molecule has 5 nitrogen and oxygen atoms in total. The standard InChI is InChI=1S/C19H11Cl2F3N4OS/c20-13-6-2-1-4-11(13)10-30-18-26-25-16-17(29)27(8-9-28(16)18)14-7-3-5-12(15(14)21)19(22,23)24/h1-9H,10H2. The molecule has 0 fully saturated rings. The highest BCUT2D eigenvalue weighted by atomic mass is 35.5. The number of benzene rings is 2. The van der Waals surface area contributed by atoms with Crippen molar-refractivity contribution in [3.05, 3.63) is 86.4 Å². The highest BCUT2D eigenvalue weighted by Gasteiger charge is 2.34. The first-order valence-electron chi connectivity index (χ1n) is 8.46. The predicted molar refractivity (Wildman–Crippen MR) is 110 cm³/mol. The summed E-state index contributed by atoms with van der Waals surface area (Å²) in [6.07, 6.45) is -1.81. The minimum Gasteiger partial charge on any atom is -0.278 e. The van der Waals surface area contributed by atoms with Crippen LogP contribution in [0, 0.1) is 0 Å². The number of fused-ring (bicyclic) bond motifs is 1. The number of rotatable bonds is 4. The largest absolute Gasteiger partial charge is 0.417 e. The first kappa shape index (κ1) is 20.8. The van der Waals surface area contributed by atoms with Crippen LogP contribution in [0.1, 0.15) is 11.1 Å². The molecule has 0 saturated carbocycles. The van der Waals surface area contributed by atoms with Gasteiger partial charge in [0.05, 0.1) is 16.3 Å². The van der Waals surface area contributed by atoms with Crippen LogP contribution in [0.5, 0.6) is 0 Å². The molecule has 0 N–H and O–H groups in total. The third-order valence-electron chi connectivity index (χ3n) is 4.30. The molecule has 0 unspecified atom stereocenters. The molecule has 4 aromatic rings. The summed E-state index contributed by atoms with van der Waals surface area (Å²) in [6, 6.07) is 10.7. The third-order valence-corrected chi connectivity index (χ3v) is 6.06. The minimum atomic E-state index is -4.64. The smallest absolute Gasteiger partial charge is 0.278 e. The molecule has 0 bridgehead atoms. The van der Waals surface area contributed by atoms with Crippen LogP contribution in [0.25, 0.3) is 11.3 Å². The lowest BCUT2D eigenvalue weighted by Crippen LogP contribution is -2.21. The molecule has 0 aliphatic heterocycles. The maximum atomic E-state index is 13.1. The molecule has 0 radical (unpaired) electrons. The molecule has 4 rings (SSSR count). The fraction of sp³-hybridized carbons (Fsp3) is 0.105. The summed E-state index contributed by atoms with van der Waals surface area (Å²) in [5.74, 6) is 0.503. The van der Waals surface area contributed by atoms with Gasteiger partial charge >= 0.3 is 11.7 Å². The molecule has 0 saturated heterocycles. The van der Waals surface area contributed by atoms with Crippen molar-refractivity contribution in [3.8, 4) is 5.69 Å². The van der Waals surface area contributed by atoms with E-state index >= 15 is 0 Å². The van der Waals surface area contributed by atoms with Crippen LogP contribution in [0.15, 0.2) is 64.8 Å². The highest BCUT2D eigenvalue weighted by molar-refractivity contribution is 7.98. The summed E-state index contributed by atoms with van der Waals surface area (Å²) in [4.78, 5) is 12.9. The van der Waals surface area contributed by atoms with Crippen molar-refractivity contribution in [3.63, 3.8) is 0 Å². The van der Waals surface area contributed by atoms with Gasteiger partial charge in [0.25, 0.3) is 0 Å². The van der Waals surface area contributed by atoms with Crippen LogP contribution < -0.4 is 5.56 Å². The lowest BCUT2D eigenvalue weighted by atomic mass is 10.2. The Morgan fingerprint density at radius 2 is 1.77 bits per heavy atom. The van der Waals surface area contributed by atoms with Crippen molar-refractivity contribution in [2.75, 3.05) is 0 Å². The molecule has 0 aliphatic carbocycles. The average Bonchev–Trinajstić information content (AvgIpc) is 3.11. The maximum absolute atomic E-state index is 13.1. The Morgan fingerprint density at radius 1 is 1.00 bits per heavy atom. The fourth-order valence-electron chi connectivity index (χ4n) is 2.84. The monoisotopic (exact) mass is 470 g/mol. The number of aromatic nitrogens is 4. The van der Waals surface area contributed by atoms with E-state index in [1.807, 2.05) is 18.2 Å². The van der Waals surface area contributed by atoms with Crippen molar-refractivity contribution in [2.45, 2.75) is 17.1 Å². The summed E-state index contributed by atoms with van der Waals surface area (Å²) < 4.78 is 41.9. The predicted octanol–water partition coefficient (Wildman–Crippen LogP) is 5.50. The lowest BCUT2D eigenvalue weighted by molar-refractivity contribution is -0.137.